The molecule has 3 heterocycles. The first-order chi connectivity index (χ1) is 35.2. The van der Waals surface area contributed by atoms with Crippen LogP contribution in [0.25, 0.3) is 95.1 Å². The fourth-order valence-corrected chi connectivity index (χ4v) is 9.83. The summed E-state index contributed by atoms with van der Waals surface area (Å²) in [5, 5.41) is 11.0. The van der Waals surface area contributed by atoms with E-state index in [0.29, 0.717) is 5.56 Å². The van der Waals surface area contributed by atoms with Gasteiger partial charge in [-0.3, -0.25) is 14.5 Å². The molecule has 73 heavy (non-hydrogen) atoms. The van der Waals surface area contributed by atoms with Crippen LogP contribution in [-0.2, 0) is 20.1 Å². The van der Waals surface area contributed by atoms with E-state index in [1.54, 1.807) is 6.07 Å². The van der Waals surface area contributed by atoms with Crippen molar-refractivity contribution in [1.29, 1.82) is 0 Å². The zero-order valence-corrected chi connectivity index (χ0v) is 44.3. The van der Waals surface area contributed by atoms with E-state index in [9.17, 15) is 5.11 Å². The number of benzene rings is 8. The van der Waals surface area contributed by atoms with Crippen molar-refractivity contribution >= 4 is 11.0 Å². The average Bonchev–Trinajstić information content (AvgIpc) is 3.81. The second-order valence-electron chi connectivity index (χ2n) is 18.8. The molecule has 1 N–H and O–H groups in total. The van der Waals surface area contributed by atoms with Crippen molar-refractivity contribution in [2.45, 2.75) is 53.4 Å². The standard InChI is InChI=1S/C37H33N2O.C30H23N2.Ir/c1-24(2)31-22-28(26-14-7-5-8-15-26)23-32(25(3)4)36(31)39-33-20-13-19-29(27-16-9-6-10-17-27)35(33)38-37(39)30-18-11-12-21-34(30)40;1-21-26(28-12-6-8-18-31-28)20-27(29-13-7-9-19-32-29)22(2)30(21)25-16-14-24(15-17-25)23-10-4-3-5-11-23;/h5-16,18-25,40H,1-4H3;3-19H,1-2H3;/q2*-1;. The van der Waals surface area contributed by atoms with Crippen LogP contribution in [0.5, 0.6) is 5.75 Å². The molecule has 0 saturated carbocycles. The van der Waals surface area contributed by atoms with Gasteiger partial charge in [-0.15, -0.1) is 53.1 Å². The number of phenols is 1. The van der Waals surface area contributed by atoms with E-state index in [0.717, 1.165) is 56.2 Å². The maximum atomic E-state index is 11.0. The molecule has 6 heteroatoms. The fraction of sp³-hybridized carbons (Fsp3) is 0.119. The van der Waals surface area contributed by atoms with E-state index >= 15 is 0 Å². The van der Waals surface area contributed by atoms with Crippen molar-refractivity contribution in [2.24, 2.45) is 0 Å². The van der Waals surface area contributed by atoms with Crippen LogP contribution in [0.2, 0.25) is 0 Å². The minimum Gasteiger partial charge on any atom is -0.507 e. The Morgan fingerprint density at radius 2 is 1.00 bits per heavy atom. The molecule has 0 saturated heterocycles. The second-order valence-corrected chi connectivity index (χ2v) is 18.8. The van der Waals surface area contributed by atoms with Crippen molar-refractivity contribution < 1.29 is 25.2 Å². The molecule has 3 aromatic heterocycles. The normalized spacial score (nSPS) is 11.1. The van der Waals surface area contributed by atoms with Crippen LogP contribution in [-0.4, -0.2) is 24.6 Å². The van der Waals surface area contributed by atoms with Gasteiger partial charge in [0.15, 0.2) is 0 Å². The van der Waals surface area contributed by atoms with Gasteiger partial charge in [-0.25, -0.2) is 4.98 Å². The summed E-state index contributed by atoms with van der Waals surface area (Å²) in [7, 11) is 0. The molecule has 0 amide bonds. The molecule has 0 fully saturated rings. The molecular weight excluding hydrogens is 1070 g/mol. The molecule has 11 aromatic rings. The first-order valence-electron chi connectivity index (χ1n) is 24.7. The Morgan fingerprint density at radius 1 is 0.493 bits per heavy atom. The zero-order valence-electron chi connectivity index (χ0n) is 41.9. The monoisotopic (exact) mass is 1130 g/mol. The Bertz CT molecular complexity index is 3540. The van der Waals surface area contributed by atoms with Crippen molar-refractivity contribution in [1.82, 2.24) is 19.5 Å². The summed E-state index contributed by atoms with van der Waals surface area (Å²) in [6.45, 7) is 13.3. The third kappa shape index (κ3) is 10.2. The molecule has 11 rings (SSSR count). The van der Waals surface area contributed by atoms with E-state index in [4.69, 9.17) is 4.98 Å². The predicted molar refractivity (Wildman–Crippen MR) is 298 cm³/mol. The van der Waals surface area contributed by atoms with Crippen molar-refractivity contribution in [2.75, 3.05) is 0 Å². The molecule has 8 aromatic carbocycles. The third-order valence-corrected chi connectivity index (χ3v) is 13.4. The van der Waals surface area contributed by atoms with Crippen LogP contribution in [0.15, 0.2) is 213 Å². The van der Waals surface area contributed by atoms with Crippen molar-refractivity contribution in [3.8, 4) is 89.8 Å². The van der Waals surface area contributed by atoms with Crippen LogP contribution >= 0.6 is 0 Å². The molecule has 5 nitrogen and oxygen atoms in total. The van der Waals surface area contributed by atoms with Gasteiger partial charge in [0.2, 0.25) is 0 Å². The Morgan fingerprint density at radius 3 is 1.53 bits per heavy atom. The third-order valence-electron chi connectivity index (χ3n) is 13.4. The maximum Gasteiger partial charge on any atom is 0.148 e. The number of rotatable bonds is 10. The molecule has 0 aliphatic rings. The molecule has 0 atom stereocenters. The minimum atomic E-state index is 0. The van der Waals surface area contributed by atoms with E-state index in [1.165, 1.54) is 55.6 Å². The predicted octanol–water partition coefficient (Wildman–Crippen LogP) is 17.3. The number of pyridine rings is 2. The Balaban J connectivity index is 0.000000182. The number of aromatic nitrogens is 4. The SMILES string of the molecule is CC(C)c1cc(-c2ccccc2)cc(C(C)C)c1-n1c(-c2ccccc2O)nc2c(-c3[c-]cccc3)cccc21.Cc1c(-c2ccccn2)[c-]c(-c2ccccn2)c(C)c1-c1ccc(-c2ccccc2)cc1.[Ir]. The molecule has 361 valence electrons. The average molecular weight is 1130 g/mol. The van der Waals surface area contributed by atoms with Crippen molar-refractivity contribution in [3.63, 3.8) is 0 Å². The summed E-state index contributed by atoms with van der Waals surface area (Å²) in [6.07, 6.45) is 3.66. The number of imidazole rings is 1. The summed E-state index contributed by atoms with van der Waals surface area (Å²) < 4.78 is 2.27. The van der Waals surface area contributed by atoms with Crippen LogP contribution in [0, 0.1) is 26.0 Å². The molecular formula is C67H56IrN4O-2. The number of fused-ring (bicyclic) bond motifs is 1. The Labute approximate surface area is 443 Å². The first-order valence-corrected chi connectivity index (χ1v) is 24.7. The van der Waals surface area contributed by atoms with Crippen LogP contribution in [0.1, 0.15) is 61.8 Å². The number of nitrogens with zero attached hydrogens (tertiary/aromatic N) is 4. The molecule has 1 radical (unpaired) electrons. The van der Waals surface area contributed by atoms with Gasteiger partial charge in [-0.05, 0) is 93.2 Å². The van der Waals surface area contributed by atoms with E-state index in [-0.39, 0.29) is 37.7 Å². The fourth-order valence-electron chi connectivity index (χ4n) is 9.83. The maximum absolute atomic E-state index is 11.0. The zero-order chi connectivity index (χ0) is 49.7. The topological polar surface area (TPSA) is 63.8 Å². The minimum absolute atomic E-state index is 0. The summed E-state index contributed by atoms with van der Waals surface area (Å²) in [5.74, 6) is 1.46. The first kappa shape index (κ1) is 49.9. The van der Waals surface area contributed by atoms with E-state index in [2.05, 4.69) is 183 Å². The van der Waals surface area contributed by atoms with Gasteiger partial charge in [-0.2, -0.15) is 0 Å². The van der Waals surface area contributed by atoms with Gasteiger partial charge in [0.05, 0.1) is 22.3 Å². The van der Waals surface area contributed by atoms with Crippen LogP contribution < -0.4 is 0 Å². The van der Waals surface area contributed by atoms with Gasteiger partial charge in [0, 0.05) is 43.9 Å². The number of phenolic OH excluding ortho intramolecular Hbond substituents is 1. The number of aromatic hydroxyl groups is 1. The van der Waals surface area contributed by atoms with Gasteiger partial charge in [0.25, 0.3) is 0 Å². The molecule has 0 aliphatic heterocycles. The number of hydrogen-bond donors (Lipinski definition) is 1. The Kier molecular flexibility index (Phi) is 15.2. The second kappa shape index (κ2) is 22.2. The van der Waals surface area contributed by atoms with Gasteiger partial charge < -0.3 is 5.11 Å². The molecule has 0 bridgehead atoms. The summed E-state index contributed by atoms with van der Waals surface area (Å²) in [6, 6.07) is 75.4. The quantitative estimate of drug-likeness (QED) is 0.139. The van der Waals surface area contributed by atoms with Crippen LogP contribution in [0.4, 0.5) is 0 Å². The van der Waals surface area contributed by atoms with Crippen LogP contribution in [0.3, 0.4) is 0 Å². The molecule has 0 spiro atoms. The smallest absolute Gasteiger partial charge is 0.148 e. The number of hydrogen-bond acceptors (Lipinski definition) is 4. The largest absolute Gasteiger partial charge is 0.507 e. The van der Waals surface area contributed by atoms with E-state index in [1.807, 2.05) is 91.3 Å². The molecule has 0 aliphatic carbocycles. The van der Waals surface area contributed by atoms with E-state index < -0.39 is 0 Å². The molecule has 0 unspecified atom stereocenters. The van der Waals surface area contributed by atoms with Gasteiger partial charge in [0.1, 0.15) is 11.6 Å². The summed E-state index contributed by atoms with van der Waals surface area (Å²) >= 11 is 0. The summed E-state index contributed by atoms with van der Waals surface area (Å²) in [4.78, 5) is 14.5. The van der Waals surface area contributed by atoms with Gasteiger partial charge in [-0.1, -0.05) is 197 Å². The van der Waals surface area contributed by atoms with Crippen molar-refractivity contribution in [3.05, 3.63) is 247 Å². The summed E-state index contributed by atoms with van der Waals surface area (Å²) in [5.41, 5.74) is 21.7. The number of para-hydroxylation sites is 2. The van der Waals surface area contributed by atoms with Gasteiger partial charge >= 0.3 is 0 Å². The Hall–Kier alpha value is -8.02.